The summed E-state index contributed by atoms with van der Waals surface area (Å²) in [5.74, 6) is 0.969. The quantitative estimate of drug-likeness (QED) is 0.493. The van der Waals surface area contributed by atoms with E-state index in [4.69, 9.17) is 4.42 Å². The number of fused-ring (bicyclic) bond motifs is 1. The Morgan fingerprint density at radius 3 is 2.60 bits per heavy atom. The molecule has 152 valence electrons. The van der Waals surface area contributed by atoms with Gasteiger partial charge < -0.3 is 9.32 Å². The van der Waals surface area contributed by atoms with Crippen LogP contribution in [0.25, 0.3) is 11.3 Å². The van der Waals surface area contributed by atoms with Gasteiger partial charge in [0.15, 0.2) is 29.1 Å². The van der Waals surface area contributed by atoms with Crippen molar-refractivity contribution in [3.05, 3.63) is 77.6 Å². The maximum Gasteiger partial charge on any atom is 0.228 e. The van der Waals surface area contributed by atoms with E-state index in [1.54, 1.807) is 12.3 Å². The first kappa shape index (κ1) is 18.5. The molecule has 0 radical (unpaired) electrons. The van der Waals surface area contributed by atoms with E-state index in [-0.39, 0.29) is 0 Å². The second-order valence-electron chi connectivity index (χ2n) is 7.27. The highest BCUT2D eigenvalue weighted by Crippen LogP contribution is 2.29. The second kappa shape index (κ2) is 7.37. The lowest BCUT2D eigenvalue weighted by atomic mass is 10.1. The summed E-state index contributed by atoms with van der Waals surface area (Å²) in [6.07, 6.45) is 3.13. The third kappa shape index (κ3) is 3.45. The van der Waals surface area contributed by atoms with Crippen LogP contribution in [0.2, 0.25) is 0 Å². The number of oxazole rings is 1. The average molecular weight is 407 g/mol. The Hall–Kier alpha value is -3.55. The van der Waals surface area contributed by atoms with E-state index in [1.165, 1.54) is 6.07 Å². The third-order valence-corrected chi connectivity index (χ3v) is 5.13. The lowest BCUT2D eigenvalue weighted by Gasteiger charge is -2.27. The summed E-state index contributed by atoms with van der Waals surface area (Å²) in [6.45, 7) is 3.23. The van der Waals surface area contributed by atoms with E-state index in [2.05, 4.69) is 15.1 Å². The number of nitrogens with zero attached hydrogens (tertiary/aromatic N) is 5. The monoisotopic (exact) mass is 407 g/mol. The lowest BCUT2D eigenvalue weighted by Crippen LogP contribution is -2.28. The molecule has 1 aliphatic heterocycles. The van der Waals surface area contributed by atoms with Crippen molar-refractivity contribution in [2.75, 3.05) is 11.4 Å². The Morgan fingerprint density at radius 2 is 1.87 bits per heavy atom. The maximum absolute atomic E-state index is 13.7. The molecule has 6 nitrogen and oxygen atoms in total. The summed E-state index contributed by atoms with van der Waals surface area (Å²) < 4.78 is 34.4. The van der Waals surface area contributed by atoms with Gasteiger partial charge in [0.05, 0.1) is 6.20 Å². The highest BCUT2D eigenvalue weighted by Gasteiger charge is 2.23. The molecule has 3 heterocycles. The topological polar surface area (TPSA) is 60.0 Å². The zero-order valence-corrected chi connectivity index (χ0v) is 16.3. The Balaban J connectivity index is 1.38. The first-order valence-corrected chi connectivity index (χ1v) is 9.75. The number of aryl methyl sites for hydroxylation is 2. The molecular weight excluding hydrogens is 388 g/mol. The molecule has 0 saturated heterocycles. The Morgan fingerprint density at radius 1 is 1.03 bits per heavy atom. The molecule has 0 bridgehead atoms. The van der Waals surface area contributed by atoms with Crippen molar-refractivity contribution in [3.8, 4) is 11.3 Å². The van der Waals surface area contributed by atoms with E-state index < -0.39 is 11.6 Å². The van der Waals surface area contributed by atoms with Gasteiger partial charge in [-0.2, -0.15) is 10.1 Å². The van der Waals surface area contributed by atoms with Gasteiger partial charge >= 0.3 is 0 Å². The zero-order chi connectivity index (χ0) is 20.7. The lowest BCUT2D eigenvalue weighted by molar-refractivity contribution is 0.506. The molecule has 0 unspecified atom stereocenters. The van der Waals surface area contributed by atoms with Crippen LogP contribution < -0.4 is 4.90 Å². The van der Waals surface area contributed by atoms with Crippen LogP contribution in [0.5, 0.6) is 0 Å². The SMILES string of the molecule is Cc1ncc(-c2ccc(Cc3nc4n(n3)CCCN4c3ccc(F)c(F)c3)cc2)o1. The van der Waals surface area contributed by atoms with Crippen LogP contribution in [-0.4, -0.2) is 26.3 Å². The minimum Gasteiger partial charge on any atom is -0.441 e. The van der Waals surface area contributed by atoms with Gasteiger partial charge in [0, 0.05) is 43.8 Å². The molecule has 0 amide bonds. The normalized spacial score (nSPS) is 13.5. The van der Waals surface area contributed by atoms with Crippen LogP contribution in [0.1, 0.15) is 23.7 Å². The fraction of sp³-hybridized carbons (Fsp3) is 0.227. The number of anilines is 2. The Bertz CT molecular complexity index is 1200. The summed E-state index contributed by atoms with van der Waals surface area (Å²) in [4.78, 5) is 10.7. The maximum atomic E-state index is 13.7. The summed E-state index contributed by atoms with van der Waals surface area (Å²) >= 11 is 0. The molecule has 4 aromatic rings. The van der Waals surface area contributed by atoms with E-state index in [0.717, 1.165) is 35.9 Å². The number of hydrogen-bond acceptors (Lipinski definition) is 5. The summed E-state index contributed by atoms with van der Waals surface area (Å²) in [5.41, 5.74) is 2.60. The molecule has 2 aromatic carbocycles. The van der Waals surface area contributed by atoms with Gasteiger partial charge in [-0.1, -0.05) is 24.3 Å². The summed E-state index contributed by atoms with van der Waals surface area (Å²) in [5, 5.41) is 4.61. The second-order valence-corrected chi connectivity index (χ2v) is 7.27. The molecular formula is C22H19F2N5O. The van der Waals surface area contributed by atoms with Crippen molar-refractivity contribution >= 4 is 11.6 Å². The largest absolute Gasteiger partial charge is 0.441 e. The van der Waals surface area contributed by atoms with Crippen molar-refractivity contribution in [1.29, 1.82) is 0 Å². The van der Waals surface area contributed by atoms with Crippen LogP contribution in [0.15, 0.2) is 53.1 Å². The van der Waals surface area contributed by atoms with Crippen LogP contribution in [-0.2, 0) is 13.0 Å². The molecule has 5 rings (SSSR count). The van der Waals surface area contributed by atoms with Gasteiger partial charge in [0.25, 0.3) is 0 Å². The van der Waals surface area contributed by atoms with Crippen molar-refractivity contribution in [2.24, 2.45) is 0 Å². The zero-order valence-electron chi connectivity index (χ0n) is 16.3. The smallest absolute Gasteiger partial charge is 0.228 e. The highest BCUT2D eigenvalue weighted by molar-refractivity contribution is 5.59. The van der Waals surface area contributed by atoms with Gasteiger partial charge in [-0.25, -0.2) is 18.4 Å². The summed E-state index contributed by atoms with van der Waals surface area (Å²) in [6, 6.07) is 11.9. The van der Waals surface area contributed by atoms with Crippen LogP contribution in [0.4, 0.5) is 20.4 Å². The van der Waals surface area contributed by atoms with E-state index >= 15 is 0 Å². The van der Waals surface area contributed by atoms with Gasteiger partial charge in [-0.3, -0.25) is 0 Å². The van der Waals surface area contributed by atoms with Crippen molar-refractivity contribution < 1.29 is 13.2 Å². The van der Waals surface area contributed by atoms with Crippen LogP contribution in [0, 0.1) is 18.6 Å². The average Bonchev–Trinajstić information content (AvgIpc) is 3.36. The van der Waals surface area contributed by atoms with E-state index in [0.29, 0.717) is 36.3 Å². The van der Waals surface area contributed by atoms with Gasteiger partial charge in [0.1, 0.15) is 0 Å². The van der Waals surface area contributed by atoms with Crippen LogP contribution >= 0.6 is 0 Å². The molecule has 0 spiro atoms. The standard InChI is InChI=1S/C22H19F2N5O/c1-14-25-13-20(30-14)16-5-3-15(4-6-16)11-21-26-22-28(9-2-10-29(22)27-21)17-7-8-18(23)19(24)12-17/h3-8,12-13H,2,9-11H2,1H3. The number of aromatic nitrogens is 4. The van der Waals surface area contributed by atoms with Crippen LogP contribution in [0.3, 0.4) is 0 Å². The predicted octanol–water partition coefficient (Wildman–Crippen LogP) is 4.65. The highest BCUT2D eigenvalue weighted by atomic mass is 19.2. The third-order valence-electron chi connectivity index (χ3n) is 5.13. The molecule has 0 atom stereocenters. The van der Waals surface area contributed by atoms with Gasteiger partial charge in [-0.15, -0.1) is 0 Å². The van der Waals surface area contributed by atoms with E-state index in [1.807, 2.05) is 40.8 Å². The number of benzene rings is 2. The minimum atomic E-state index is -0.869. The number of hydrogen-bond donors (Lipinski definition) is 0. The van der Waals surface area contributed by atoms with Gasteiger partial charge in [-0.05, 0) is 24.1 Å². The molecule has 2 aromatic heterocycles. The molecule has 0 fully saturated rings. The molecule has 0 aliphatic carbocycles. The fourth-order valence-electron chi connectivity index (χ4n) is 3.64. The first-order chi connectivity index (χ1) is 14.6. The molecule has 30 heavy (non-hydrogen) atoms. The fourth-order valence-corrected chi connectivity index (χ4v) is 3.64. The number of halogens is 2. The molecule has 0 N–H and O–H groups in total. The molecule has 1 aliphatic rings. The molecule has 0 saturated carbocycles. The number of rotatable bonds is 4. The van der Waals surface area contributed by atoms with Crippen molar-refractivity contribution in [1.82, 2.24) is 19.7 Å². The van der Waals surface area contributed by atoms with Crippen molar-refractivity contribution in [3.63, 3.8) is 0 Å². The van der Waals surface area contributed by atoms with E-state index in [9.17, 15) is 8.78 Å². The first-order valence-electron chi connectivity index (χ1n) is 9.75. The summed E-state index contributed by atoms with van der Waals surface area (Å²) in [7, 11) is 0. The minimum absolute atomic E-state index is 0.570. The Labute approximate surface area is 171 Å². The Kier molecular flexibility index (Phi) is 4.54. The van der Waals surface area contributed by atoms with Gasteiger partial charge in [0.2, 0.25) is 5.95 Å². The predicted molar refractivity (Wildman–Crippen MR) is 107 cm³/mol. The molecule has 8 heteroatoms. The van der Waals surface area contributed by atoms with Crippen molar-refractivity contribution in [2.45, 2.75) is 26.3 Å².